The molecule has 3 aliphatic rings. The molecule has 0 bridgehead atoms. The van der Waals surface area contributed by atoms with E-state index in [1.54, 1.807) is 0 Å². The topological polar surface area (TPSA) is 67.5 Å². The molecule has 2 saturated heterocycles. The lowest BCUT2D eigenvalue weighted by Gasteiger charge is -2.52. The molecular weight excluding hydrogens is 282 g/mol. The zero-order valence-electron chi connectivity index (χ0n) is 13.2. The van der Waals surface area contributed by atoms with Crippen LogP contribution in [0.5, 0.6) is 0 Å². The first-order chi connectivity index (χ1) is 10.6. The van der Waals surface area contributed by atoms with Crippen molar-refractivity contribution < 1.29 is 14.3 Å². The van der Waals surface area contributed by atoms with Gasteiger partial charge in [0.15, 0.2) is 5.69 Å². The summed E-state index contributed by atoms with van der Waals surface area (Å²) >= 11 is 0. The quantitative estimate of drug-likeness (QED) is 0.857. The minimum atomic E-state index is -0.0222. The largest absolute Gasteiger partial charge is 0.381 e. The highest BCUT2D eigenvalue weighted by atomic mass is 16.5. The predicted octanol–water partition coefficient (Wildman–Crippen LogP) is 1.68. The second-order valence-corrected chi connectivity index (χ2v) is 7.03. The van der Waals surface area contributed by atoms with E-state index in [-0.39, 0.29) is 18.1 Å². The Labute approximate surface area is 130 Å². The van der Waals surface area contributed by atoms with E-state index in [2.05, 4.69) is 10.2 Å². The number of ether oxygens (including phenoxy) is 2. The molecule has 1 aromatic rings. The molecule has 0 aromatic carbocycles. The van der Waals surface area contributed by atoms with Crippen LogP contribution in [-0.4, -0.2) is 53.4 Å². The standard InChI is InChI=1S/C16H23N3O3/c1-10-7-12-13(11(2)22-10)17-18-14(12)15(20)19-8-16(9-19)3-5-21-6-4-16/h10-11H,3-9H2,1-2H3,(H,17,18)/t10-,11+/m1/s1. The Morgan fingerprint density at radius 2 is 2.05 bits per heavy atom. The van der Waals surface area contributed by atoms with E-state index in [0.29, 0.717) is 11.1 Å². The van der Waals surface area contributed by atoms with Crippen molar-refractivity contribution in [2.75, 3.05) is 26.3 Å². The lowest BCUT2D eigenvalue weighted by molar-refractivity contribution is -0.0669. The Morgan fingerprint density at radius 3 is 2.77 bits per heavy atom. The first-order valence-corrected chi connectivity index (χ1v) is 8.18. The fraction of sp³-hybridized carbons (Fsp3) is 0.750. The third-order valence-electron chi connectivity index (χ3n) is 5.33. The van der Waals surface area contributed by atoms with Crippen molar-refractivity contribution in [3.8, 4) is 0 Å². The molecule has 6 heteroatoms. The Balaban J connectivity index is 1.51. The van der Waals surface area contributed by atoms with Crippen LogP contribution in [0, 0.1) is 5.41 Å². The molecule has 1 amide bonds. The van der Waals surface area contributed by atoms with Gasteiger partial charge in [0.25, 0.3) is 5.91 Å². The van der Waals surface area contributed by atoms with E-state index >= 15 is 0 Å². The number of H-pyrrole nitrogens is 1. The molecule has 1 spiro atoms. The van der Waals surface area contributed by atoms with Crippen LogP contribution < -0.4 is 0 Å². The number of hydrogen-bond donors (Lipinski definition) is 1. The molecule has 2 fully saturated rings. The highest BCUT2D eigenvalue weighted by molar-refractivity contribution is 5.94. The van der Waals surface area contributed by atoms with E-state index < -0.39 is 0 Å². The van der Waals surface area contributed by atoms with Crippen LogP contribution in [0.15, 0.2) is 0 Å². The maximum absolute atomic E-state index is 12.8. The Morgan fingerprint density at radius 1 is 1.32 bits per heavy atom. The minimum Gasteiger partial charge on any atom is -0.381 e. The van der Waals surface area contributed by atoms with Crippen LogP contribution in [0.3, 0.4) is 0 Å². The van der Waals surface area contributed by atoms with Crippen molar-refractivity contribution in [2.45, 2.75) is 45.3 Å². The molecule has 4 heterocycles. The molecule has 3 aliphatic heterocycles. The molecule has 22 heavy (non-hydrogen) atoms. The second kappa shape index (κ2) is 5.06. The van der Waals surface area contributed by atoms with Crippen LogP contribution in [0.2, 0.25) is 0 Å². The number of nitrogens with one attached hydrogen (secondary N) is 1. The van der Waals surface area contributed by atoms with Gasteiger partial charge >= 0.3 is 0 Å². The molecule has 6 nitrogen and oxygen atoms in total. The maximum Gasteiger partial charge on any atom is 0.274 e. The fourth-order valence-corrected chi connectivity index (χ4v) is 4.03. The summed E-state index contributed by atoms with van der Waals surface area (Å²) in [4.78, 5) is 14.7. The van der Waals surface area contributed by atoms with Gasteiger partial charge in [0.1, 0.15) is 0 Å². The molecule has 0 unspecified atom stereocenters. The summed E-state index contributed by atoms with van der Waals surface area (Å²) in [6.07, 6.45) is 3.00. The lowest BCUT2D eigenvalue weighted by atomic mass is 9.73. The van der Waals surface area contributed by atoms with Gasteiger partial charge in [-0.15, -0.1) is 0 Å². The van der Waals surface area contributed by atoms with Gasteiger partial charge in [-0.05, 0) is 26.7 Å². The molecule has 4 rings (SSSR count). The third kappa shape index (κ3) is 2.16. The highest BCUT2D eigenvalue weighted by Gasteiger charge is 2.47. The number of carbonyl (C=O) groups excluding carboxylic acids is 1. The van der Waals surface area contributed by atoms with Crippen molar-refractivity contribution in [3.63, 3.8) is 0 Å². The highest BCUT2D eigenvalue weighted by Crippen LogP contribution is 2.41. The van der Waals surface area contributed by atoms with Crippen molar-refractivity contribution in [1.82, 2.24) is 15.1 Å². The van der Waals surface area contributed by atoms with Crippen molar-refractivity contribution in [2.24, 2.45) is 5.41 Å². The molecule has 0 saturated carbocycles. The predicted molar refractivity (Wildman–Crippen MR) is 79.6 cm³/mol. The number of fused-ring (bicyclic) bond motifs is 1. The van der Waals surface area contributed by atoms with Gasteiger partial charge in [-0.3, -0.25) is 9.89 Å². The zero-order valence-corrected chi connectivity index (χ0v) is 13.2. The fourth-order valence-electron chi connectivity index (χ4n) is 4.03. The van der Waals surface area contributed by atoms with Gasteiger partial charge in [-0.2, -0.15) is 5.10 Å². The summed E-state index contributed by atoms with van der Waals surface area (Å²) in [6.45, 7) is 7.39. The van der Waals surface area contributed by atoms with Crippen LogP contribution in [-0.2, 0) is 15.9 Å². The first-order valence-electron chi connectivity index (χ1n) is 8.18. The summed E-state index contributed by atoms with van der Waals surface area (Å²) in [6, 6.07) is 0. The molecule has 120 valence electrons. The molecule has 0 radical (unpaired) electrons. The number of aromatic amines is 1. The molecule has 2 atom stereocenters. The zero-order chi connectivity index (χ0) is 15.3. The van der Waals surface area contributed by atoms with Crippen molar-refractivity contribution in [3.05, 3.63) is 17.0 Å². The van der Waals surface area contributed by atoms with Gasteiger partial charge in [0.05, 0.1) is 17.9 Å². The smallest absolute Gasteiger partial charge is 0.274 e. The number of likely N-dealkylation sites (tertiary alicyclic amines) is 1. The summed E-state index contributed by atoms with van der Waals surface area (Å²) in [7, 11) is 0. The summed E-state index contributed by atoms with van der Waals surface area (Å²) in [5, 5.41) is 7.31. The van der Waals surface area contributed by atoms with E-state index in [1.807, 2.05) is 18.7 Å². The Kier molecular flexibility index (Phi) is 3.27. The average molecular weight is 305 g/mol. The van der Waals surface area contributed by atoms with Gasteiger partial charge < -0.3 is 14.4 Å². The van der Waals surface area contributed by atoms with E-state index in [9.17, 15) is 4.79 Å². The Hall–Kier alpha value is -1.40. The Bertz CT molecular complexity index is 583. The number of carbonyl (C=O) groups is 1. The maximum atomic E-state index is 12.8. The van der Waals surface area contributed by atoms with Crippen LogP contribution in [0.1, 0.15) is 54.5 Å². The average Bonchev–Trinajstić information content (AvgIpc) is 2.89. The van der Waals surface area contributed by atoms with Crippen LogP contribution in [0.25, 0.3) is 0 Å². The van der Waals surface area contributed by atoms with E-state index in [0.717, 1.165) is 56.8 Å². The number of nitrogens with zero attached hydrogens (tertiary/aromatic N) is 2. The normalized spacial score (nSPS) is 30.0. The number of hydrogen-bond acceptors (Lipinski definition) is 4. The van der Waals surface area contributed by atoms with Gasteiger partial charge in [-0.1, -0.05) is 0 Å². The first kappa shape index (κ1) is 14.2. The molecule has 1 N–H and O–H groups in total. The van der Waals surface area contributed by atoms with Gasteiger partial charge in [0, 0.05) is 43.7 Å². The second-order valence-electron chi connectivity index (χ2n) is 7.03. The van der Waals surface area contributed by atoms with Crippen LogP contribution in [0.4, 0.5) is 0 Å². The summed E-state index contributed by atoms with van der Waals surface area (Å²) in [5.41, 5.74) is 2.90. The van der Waals surface area contributed by atoms with Crippen molar-refractivity contribution >= 4 is 5.91 Å². The van der Waals surface area contributed by atoms with Gasteiger partial charge in [-0.25, -0.2) is 0 Å². The molecule has 1 aromatic heterocycles. The van der Waals surface area contributed by atoms with Crippen molar-refractivity contribution in [1.29, 1.82) is 0 Å². The van der Waals surface area contributed by atoms with E-state index in [1.165, 1.54) is 0 Å². The molecular formula is C16H23N3O3. The third-order valence-corrected chi connectivity index (χ3v) is 5.33. The van der Waals surface area contributed by atoms with E-state index in [4.69, 9.17) is 9.47 Å². The summed E-state index contributed by atoms with van der Waals surface area (Å²) in [5.74, 6) is 0.0657. The lowest BCUT2D eigenvalue weighted by Crippen LogP contribution is -2.60. The number of rotatable bonds is 1. The monoisotopic (exact) mass is 305 g/mol. The number of aromatic nitrogens is 2. The van der Waals surface area contributed by atoms with Crippen LogP contribution >= 0.6 is 0 Å². The SMILES string of the molecule is C[C@@H]1Cc2c(C(=O)N3CC4(CCOCC4)C3)n[nH]c2[C@H](C)O1. The minimum absolute atomic E-state index is 0.0222. The molecule has 0 aliphatic carbocycles. The summed E-state index contributed by atoms with van der Waals surface area (Å²) < 4.78 is 11.2. The van der Waals surface area contributed by atoms with Gasteiger partial charge in [0.2, 0.25) is 0 Å². The number of amides is 1.